The Morgan fingerprint density at radius 1 is 1.75 bits per heavy atom. The van der Waals surface area contributed by atoms with Gasteiger partial charge in [0.2, 0.25) is 0 Å². The minimum Gasteiger partial charge on any atom is -0.298 e. The fourth-order valence-electron chi connectivity index (χ4n) is 0.260. The van der Waals surface area contributed by atoms with Gasteiger partial charge < -0.3 is 0 Å². The average molecular weight is 136 g/mol. The van der Waals surface area contributed by atoms with E-state index in [-0.39, 0.29) is 0 Å². The van der Waals surface area contributed by atoms with E-state index in [1.807, 2.05) is 6.92 Å². The highest BCUT2D eigenvalue weighted by molar-refractivity contribution is 7.95. The standard InChI is InChI=1S/C5H12O2S/c1-4-5-7-8(2,3)6/h2,4-5H2,1,3H3. The first-order chi connectivity index (χ1) is 3.56. The molecule has 0 aliphatic heterocycles. The Hall–Kier alpha value is -0.0200. The Bertz CT molecular complexity index is 135. The fourth-order valence-corrected chi connectivity index (χ4v) is 0.779. The Morgan fingerprint density at radius 2 is 2.25 bits per heavy atom. The Kier molecular flexibility index (Phi) is 3.09. The quantitative estimate of drug-likeness (QED) is 0.533. The summed E-state index contributed by atoms with van der Waals surface area (Å²) in [6, 6.07) is 0. The van der Waals surface area contributed by atoms with Crippen LogP contribution in [0.15, 0.2) is 0 Å². The molecule has 0 spiro atoms. The van der Waals surface area contributed by atoms with Gasteiger partial charge in [0.25, 0.3) is 0 Å². The molecule has 0 aliphatic rings. The zero-order chi connectivity index (χ0) is 6.62. The van der Waals surface area contributed by atoms with Gasteiger partial charge in [-0.2, -0.15) is 0 Å². The van der Waals surface area contributed by atoms with Crippen LogP contribution in [0.2, 0.25) is 0 Å². The highest BCUT2D eigenvalue weighted by Gasteiger charge is 1.89. The lowest BCUT2D eigenvalue weighted by atomic mass is 10.5. The third kappa shape index (κ3) is 5.98. The molecule has 3 heteroatoms. The van der Waals surface area contributed by atoms with Crippen molar-refractivity contribution in [3.05, 3.63) is 0 Å². The summed E-state index contributed by atoms with van der Waals surface area (Å²) in [7, 11) is -2.19. The monoisotopic (exact) mass is 136 g/mol. The molecule has 1 unspecified atom stereocenters. The summed E-state index contributed by atoms with van der Waals surface area (Å²) < 4.78 is 15.4. The maximum absolute atomic E-state index is 10.6. The van der Waals surface area contributed by atoms with Gasteiger partial charge in [0, 0.05) is 6.26 Å². The van der Waals surface area contributed by atoms with E-state index in [0.29, 0.717) is 6.61 Å². The molecule has 8 heavy (non-hydrogen) atoms. The normalized spacial score (nSPS) is 17.8. The van der Waals surface area contributed by atoms with Gasteiger partial charge in [-0.1, -0.05) is 6.92 Å². The molecular formula is C5H12O2S. The fraction of sp³-hybridized carbons (Fsp3) is 0.800. The molecule has 2 nitrogen and oxygen atoms in total. The van der Waals surface area contributed by atoms with Crippen molar-refractivity contribution in [2.24, 2.45) is 0 Å². The van der Waals surface area contributed by atoms with Crippen LogP contribution in [0.25, 0.3) is 0 Å². The molecule has 0 bridgehead atoms. The first-order valence-electron chi connectivity index (χ1n) is 2.53. The Balaban J connectivity index is 3.42. The minimum atomic E-state index is -2.19. The van der Waals surface area contributed by atoms with E-state index in [2.05, 4.69) is 5.87 Å². The van der Waals surface area contributed by atoms with E-state index in [1.54, 1.807) is 0 Å². The molecule has 1 atom stereocenters. The third-order valence-corrected chi connectivity index (χ3v) is 1.20. The molecular weight excluding hydrogens is 124 g/mol. The van der Waals surface area contributed by atoms with Gasteiger partial charge in [-0.3, -0.25) is 4.18 Å². The molecule has 0 aliphatic carbocycles. The summed E-state index contributed by atoms with van der Waals surface area (Å²) in [4.78, 5) is 0. The van der Waals surface area contributed by atoms with Gasteiger partial charge in [0.1, 0.15) is 0 Å². The zero-order valence-corrected chi connectivity index (χ0v) is 6.16. The zero-order valence-electron chi connectivity index (χ0n) is 5.35. The second kappa shape index (κ2) is 3.10. The lowest BCUT2D eigenvalue weighted by Crippen LogP contribution is -2.02. The highest BCUT2D eigenvalue weighted by Crippen LogP contribution is 1.87. The van der Waals surface area contributed by atoms with Gasteiger partial charge >= 0.3 is 0 Å². The molecule has 50 valence electrons. The first-order valence-corrected chi connectivity index (χ1v) is 4.59. The smallest absolute Gasteiger partial charge is 0.0741 e. The van der Waals surface area contributed by atoms with E-state index in [9.17, 15) is 4.21 Å². The van der Waals surface area contributed by atoms with Crippen LogP contribution in [0.1, 0.15) is 13.3 Å². The summed E-state index contributed by atoms with van der Waals surface area (Å²) in [5.74, 6) is 3.31. The van der Waals surface area contributed by atoms with Crippen molar-refractivity contribution in [1.29, 1.82) is 0 Å². The van der Waals surface area contributed by atoms with E-state index in [1.165, 1.54) is 6.26 Å². The second-order valence-corrected chi connectivity index (χ2v) is 3.83. The van der Waals surface area contributed by atoms with Crippen molar-refractivity contribution in [2.45, 2.75) is 13.3 Å². The predicted octanol–water partition coefficient (Wildman–Crippen LogP) is 0.674. The lowest BCUT2D eigenvalue weighted by Gasteiger charge is -1.99. The van der Waals surface area contributed by atoms with Gasteiger partial charge in [-0.05, 0) is 12.3 Å². The minimum absolute atomic E-state index is 0.541. The van der Waals surface area contributed by atoms with Crippen LogP contribution in [-0.4, -0.2) is 22.9 Å². The number of hydrogen-bond acceptors (Lipinski definition) is 2. The van der Waals surface area contributed by atoms with E-state index in [4.69, 9.17) is 4.18 Å². The topological polar surface area (TPSA) is 26.3 Å². The van der Waals surface area contributed by atoms with Crippen LogP contribution in [0, 0.1) is 0 Å². The van der Waals surface area contributed by atoms with Crippen molar-refractivity contribution in [1.82, 2.24) is 0 Å². The maximum atomic E-state index is 10.6. The highest BCUT2D eigenvalue weighted by atomic mass is 32.2. The molecule has 0 rings (SSSR count). The summed E-state index contributed by atoms with van der Waals surface area (Å²) in [6.45, 7) is 2.50. The molecule has 0 aromatic rings. The summed E-state index contributed by atoms with van der Waals surface area (Å²) in [5.41, 5.74) is 0. The van der Waals surface area contributed by atoms with Crippen LogP contribution in [0.5, 0.6) is 0 Å². The van der Waals surface area contributed by atoms with Crippen LogP contribution in [-0.2, 0) is 14.0 Å². The maximum Gasteiger partial charge on any atom is 0.0741 e. The van der Waals surface area contributed by atoms with E-state index < -0.39 is 9.80 Å². The SMILES string of the molecule is C=S(C)(=O)OCCC. The molecule has 0 saturated carbocycles. The molecule has 0 radical (unpaired) electrons. The average Bonchev–Trinajstić information content (AvgIpc) is 1.59. The van der Waals surface area contributed by atoms with Gasteiger partial charge in [0.05, 0.1) is 16.4 Å². The Morgan fingerprint density at radius 3 is 2.38 bits per heavy atom. The molecule has 0 aromatic heterocycles. The van der Waals surface area contributed by atoms with Crippen LogP contribution >= 0.6 is 0 Å². The summed E-state index contributed by atoms with van der Waals surface area (Å²) in [5, 5.41) is 0. The van der Waals surface area contributed by atoms with Crippen molar-refractivity contribution in [3.63, 3.8) is 0 Å². The second-order valence-electron chi connectivity index (χ2n) is 1.75. The van der Waals surface area contributed by atoms with Crippen LogP contribution < -0.4 is 0 Å². The molecule has 0 saturated heterocycles. The summed E-state index contributed by atoms with van der Waals surface area (Å²) >= 11 is 0. The molecule has 0 amide bonds. The predicted molar refractivity (Wildman–Crippen MR) is 37.4 cm³/mol. The van der Waals surface area contributed by atoms with Crippen molar-refractivity contribution in [3.8, 4) is 0 Å². The van der Waals surface area contributed by atoms with Crippen molar-refractivity contribution >= 4 is 15.7 Å². The van der Waals surface area contributed by atoms with E-state index in [0.717, 1.165) is 6.42 Å². The number of hydrogen-bond donors (Lipinski definition) is 0. The van der Waals surface area contributed by atoms with Gasteiger partial charge in [0.15, 0.2) is 0 Å². The van der Waals surface area contributed by atoms with Crippen molar-refractivity contribution in [2.75, 3.05) is 12.9 Å². The van der Waals surface area contributed by atoms with Crippen molar-refractivity contribution < 1.29 is 8.39 Å². The molecule has 0 heterocycles. The van der Waals surface area contributed by atoms with E-state index >= 15 is 0 Å². The lowest BCUT2D eigenvalue weighted by molar-refractivity contribution is 0.348. The Labute approximate surface area is 51.1 Å². The van der Waals surface area contributed by atoms with Gasteiger partial charge in [-0.25, -0.2) is 4.21 Å². The third-order valence-electron chi connectivity index (χ3n) is 0.537. The largest absolute Gasteiger partial charge is 0.298 e. The van der Waals surface area contributed by atoms with Gasteiger partial charge in [-0.15, -0.1) is 0 Å². The molecule has 0 aromatic carbocycles. The first kappa shape index (κ1) is 7.98. The number of rotatable bonds is 3. The van der Waals surface area contributed by atoms with Crippen LogP contribution in [0.4, 0.5) is 0 Å². The molecule has 0 N–H and O–H groups in total. The molecule has 0 fully saturated rings. The summed E-state index contributed by atoms with van der Waals surface area (Å²) in [6.07, 6.45) is 2.38. The van der Waals surface area contributed by atoms with Crippen LogP contribution in [0.3, 0.4) is 0 Å².